The monoisotopic (exact) mass is 569 g/mol. The summed E-state index contributed by atoms with van der Waals surface area (Å²) in [5.74, 6) is 0.0626. The van der Waals surface area contributed by atoms with Gasteiger partial charge in [-0.2, -0.15) is 9.78 Å². The maximum absolute atomic E-state index is 13.1. The second-order valence-corrected chi connectivity index (χ2v) is 10.5. The number of sulfonamides is 1. The second kappa shape index (κ2) is 11.2. The first-order valence-corrected chi connectivity index (χ1v) is 13.0. The first-order valence-electron chi connectivity index (χ1n) is 11.5. The van der Waals surface area contributed by atoms with Gasteiger partial charge in [0, 0.05) is 19.2 Å². The molecule has 1 aromatic carbocycles. The smallest absolute Gasteiger partial charge is 0.349 e. The number of aromatic nitrogens is 4. The number of pyridine rings is 1. The van der Waals surface area contributed by atoms with Gasteiger partial charge >= 0.3 is 5.69 Å². The number of nitrogens with one attached hydrogen (secondary N) is 2. The van der Waals surface area contributed by atoms with Crippen LogP contribution < -0.4 is 25.4 Å². The molecule has 0 aliphatic heterocycles. The standard InChI is InChI=1S/C23H25F2N5O8S/c1-11-4-14(30-23(33)27-22(32)19(28-30)21(24)25)5-12(2)20(11)38-18-8-17(16(9-26-18)37-10-36-3)39(34,35)29-13-6-15(31)7-13/h4-5,8-9,13,15,21,29,31H,6-7,10H2,1-3H3,(H,27,32,33). The van der Waals surface area contributed by atoms with E-state index in [2.05, 4.69) is 14.8 Å². The van der Waals surface area contributed by atoms with Gasteiger partial charge in [-0.3, -0.25) is 9.78 Å². The van der Waals surface area contributed by atoms with Crippen molar-refractivity contribution < 1.29 is 36.5 Å². The van der Waals surface area contributed by atoms with Crippen LogP contribution in [0, 0.1) is 13.8 Å². The van der Waals surface area contributed by atoms with Crippen molar-refractivity contribution in [2.45, 2.75) is 50.2 Å². The Kier molecular flexibility index (Phi) is 8.10. The van der Waals surface area contributed by atoms with Crippen LogP contribution in [0.25, 0.3) is 5.69 Å². The molecule has 1 aliphatic rings. The zero-order valence-electron chi connectivity index (χ0n) is 21.0. The summed E-state index contributed by atoms with van der Waals surface area (Å²) in [5, 5.41) is 13.0. The Labute approximate surface area is 220 Å². The topological polar surface area (TPSA) is 175 Å². The molecule has 0 spiro atoms. The van der Waals surface area contributed by atoms with E-state index in [9.17, 15) is 31.9 Å². The average Bonchev–Trinajstić information content (AvgIpc) is 2.84. The van der Waals surface area contributed by atoms with Gasteiger partial charge in [0.2, 0.25) is 15.9 Å². The van der Waals surface area contributed by atoms with E-state index >= 15 is 0 Å². The van der Waals surface area contributed by atoms with Crippen molar-refractivity contribution in [2.24, 2.45) is 0 Å². The first-order chi connectivity index (χ1) is 18.4. The van der Waals surface area contributed by atoms with E-state index in [-0.39, 0.29) is 47.6 Å². The molecule has 4 rings (SSSR count). The van der Waals surface area contributed by atoms with E-state index in [4.69, 9.17) is 14.2 Å². The largest absolute Gasteiger partial charge is 0.465 e. The maximum Gasteiger partial charge on any atom is 0.349 e. The molecule has 0 unspecified atom stereocenters. The predicted molar refractivity (Wildman–Crippen MR) is 131 cm³/mol. The molecule has 16 heteroatoms. The lowest BCUT2D eigenvalue weighted by atomic mass is 9.91. The fourth-order valence-electron chi connectivity index (χ4n) is 3.92. The van der Waals surface area contributed by atoms with Gasteiger partial charge in [-0.05, 0) is 49.9 Å². The summed E-state index contributed by atoms with van der Waals surface area (Å²) in [6.45, 7) is 2.97. The number of nitrogens with zero attached hydrogens (tertiary/aromatic N) is 3. The number of hydrogen-bond acceptors (Lipinski definition) is 10. The van der Waals surface area contributed by atoms with Crippen LogP contribution in [0.15, 0.2) is 38.9 Å². The SMILES string of the molecule is COCOc1cnc(Oc2c(C)cc(-n3nc(C(F)F)c(=O)[nH]c3=O)cc2C)cc1S(=O)(=O)NC1CC(O)C1. The van der Waals surface area contributed by atoms with Crippen molar-refractivity contribution in [2.75, 3.05) is 13.9 Å². The number of aromatic amines is 1. The minimum absolute atomic E-state index is 0.0845. The number of hydrogen-bond donors (Lipinski definition) is 3. The Balaban J connectivity index is 1.68. The number of aliphatic hydroxyl groups is 1. The van der Waals surface area contributed by atoms with Crippen LogP contribution in [0.4, 0.5) is 8.78 Å². The van der Waals surface area contributed by atoms with E-state index in [0.717, 1.165) is 12.3 Å². The third kappa shape index (κ3) is 6.13. The number of aliphatic hydroxyl groups excluding tert-OH is 1. The van der Waals surface area contributed by atoms with E-state index < -0.39 is 45.5 Å². The number of benzene rings is 1. The van der Waals surface area contributed by atoms with Crippen LogP contribution in [0.2, 0.25) is 0 Å². The number of methoxy groups -OCH3 is 1. The molecule has 0 bridgehead atoms. The second-order valence-electron chi connectivity index (χ2n) is 8.83. The van der Waals surface area contributed by atoms with Crippen molar-refractivity contribution in [1.29, 1.82) is 0 Å². The number of H-pyrrole nitrogens is 1. The highest BCUT2D eigenvalue weighted by atomic mass is 32.2. The number of ether oxygens (including phenoxy) is 3. The quantitative estimate of drug-likeness (QED) is 0.303. The molecule has 0 saturated heterocycles. The lowest BCUT2D eigenvalue weighted by Crippen LogP contribution is -2.46. The Morgan fingerprint density at radius 2 is 1.87 bits per heavy atom. The Bertz CT molecular complexity index is 1580. The molecule has 0 amide bonds. The summed E-state index contributed by atoms with van der Waals surface area (Å²) in [7, 11) is -2.73. The van der Waals surface area contributed by atoms with Crippen LogP contribution in [-0.2, 0) is 14.8 Å². The van der Waals surface area contributed by atoms with Crippen LogP contribution in [0.1, 0.15) is 36.1 Å². The molecule has 1 fully saturated rings. The van der Waals surface area contributed by atoms with Crippen molar-refractivity contribution in [3.8, 4) is 23.1 Å². The Morgan fingerprint density at radius 1 is 1.21 bits per heavy atom. The van der Waals surface area contributed by atoms with Gasteiger partial charge in [0.1, 0.15) is 10.6 Å². The normalized spacial score (nSPS) is 17.2. The Morgan fingerprint density at radius 3 is 2.46 bits per heavy atom. The molecular formula is C23H25F2N5O8S. The van der Waals surface area contributed by atoms with Crippen LogP contribution in [-0.4, -0.2) is 59.3 Å². The summed E-state index contributed by atoms with van der Waals surface area (Å²) in [6, 6.07) is 3.56. The first kappa shape index (κ1) is 28.3. The summed E-state index contributed by atoms with van der Waals surface area (Å²) in [6.07, 6.45) is -2.05. The van der Waals surface area contributed by atoms with Gasteiger partial charge in [0.05, 0.1) is 18.0 Å². The molecule has 3 aromatic rings. The summed E-state index contributed by atoms with van der Waals surface area (Å²) >= 11 is 0. The highest BCUT2D eigenvalue weighted by Crippen LogP contribution is 2.34. The number of alkyl halides is 2. The summed E-state index contributed by atoms with van der Waals surface area (Å²) in [4.78, 5) is 29.5. The van der Waals surface area contributed by atoms with Crippen molar-refractivity contribution in [3.63, 3.8) is 0 Å². The van der Waals surface area contributed by atoms with Crippen LogP contribution >= 0.6 is 0 Å². The van der Waals surface area contributed by atoms with Gasteiger partial charge in [-0.1, -0.05) is 0 Å². The fraction of sp³-hybridized carbons (Fsp3) is 0.391. The lowest BCUT2D eigenvalue weighted by molar-refractivity contribution is 0.0485. The molecule has 210 valence electrons. The molecule has 39 heavy (non-hydrogen) atoms. The summed E-state index contributed by atoms with van der Waals surface area (Å²) < 4.78 is 71.7. The average molecular weight is 570 g/mol. The fourth-order valence-corrected chi connectivity index (χ4v) is 5.31. The van der Waals surface area contributed by atoms with Crippen molar-refractivity contribution in [3.05, 3.63) is 62.1 Å². The predicted octanol–water partition coefficient (Wildman–Crippen LogP) is 1.45. The molecule has 1 saturated carbocycles. The molecular weight excluding hydrogens is 544 g/mol. The Hall–Kier alpha value is -3.73. The van der Waals surface area contributed by atoms with Crippen LogP contribution in [0.3, 0.4) is 0 Å². The molecule has 2 aromatic heterocycles. The third-order valence-corrected chi connectivity index (χ3v) is 7.36. The van der Waals surface area contributed by atoms with Gasteiger partial charge < -0.3 is 19.3 Å². The lowest BCUT2D eigenvalue weighted by Gasteiger charge is -2.31. The van der Waals surface area contributed by atoms with Crippen LogP contribution in [0.5, 0.6) is 17.4 Å². The maximum atomic E-state index is 13.1. The number of aryl methyl sites for hydroxylation is 2. The molecule has 0 atom stereocenters. The van der Waals surface area contributed by atoms with Gasteiger partial charge in [0.25, 0.3) is 12.0 Å². The third-order valence-electron chi connectivity index (χ3n) is 5.82. The van der Waals surface area contributed by atoms with Gasteiger partial charge in [-0.25, -0.2) is 31.7 Å². The van der Waals surface area contributed by atoms with Gasteiger partial charge in [0.15, 0.2) is 18.2 Å². The zero-order valence-corrected chi connectivity index (χ0v) is 21.8. The molecule has 13 nitrogen and oxygen atoms in total. The van der Waals surface area contributed by atoms with E-state index in [0.29, 0.717) is 15.8 Å². The minimum Gasteiger partial charge on any atom is -0.465 e. The zero-order chi connectivity index (χ0) is 28.5. The highest BCUT2D eigenvalue weighted by Gasteiger charge is 2.33. The van der Waals surface area contributed by atoms with Gasteiger partial charge in [-0.15, -0.1) is 0 Å². The molecule has 2 heterocycles. The van der Waals surface area contributed by atoms with E-state index in [1.165, 1.54) is 19.2 Å². The number of rotatable bonds is 10. The van der Waals surface area contributed by atoms with Crippen molar-refractivity contribution in [1.82, 2.24) is 24.5 Å². The highest BCUT2D eigenvalue weighted by molar-refractivity contribution is 7.89. The molecule has 0 radical (unpaired) electrons. The number of halogens is 2. The van der Waals surface area contributed by atoms with E-state index in [1.807, 2.05) is 4.98 Å². The minimum atomic E-state index is -4.10. The molecule has 1 aliphatic carbocycles. The van der Waals surface area contributed by atoms with Crippen molar-refractivity contribution >= 4 is 10.0 Å². The summed E-state index contributed by atoms with van der Waals surface area (Å²) in [5.41, 5.74) is -2.45. The van der Waals surface area contributed by atoms with E-state index in [1.54, 1.807) is 13.8 Å². The molecule has 3 N–H and O–H groups in total.